The number of aryl methyl sites for hydroxylation is 1. The third-order valence-electron chi connectivity index (χ3n) is 4.52. The molecule has 0 saturated carbocycles. The van der Waals surface area contributed by atoms with Crippen LogP contribution in [0.25, 0.3) is 5.69 Å². The average molecular weight is 380 g/mol. The average Bonchev–Trinajstić information content (AvgIpc) is 3.09. The number of hydrogen-bond acceptors (Lipinski definition) is 5. The highest BCUT2D eigenvalue weighted by molar-refractivity contribution is 5.93. The fourth-order valence-electron chi connectivity index (χ4n) is 3.02. The highest BCUT2D eigenvalue weighted by atomic mass is 16.5. The van der Waals surface area contributed by atoms with E-state index in [4.69, 9.17) is 9.47 Å². The monoisotopic (exact) mass is 380 g/mol. The first-order valence-electron chi connectivity index (χ1n) is 9.02. The van der Waals surface area contributed by atoms with Crippen LogP contribution in [-0.4, -0.2) is 41.7 Å². The topological polar surface area (TPSA) is 78.3 Å². The Balaban J connectivity index is 1.69. The van der Waals surface area contributed by atoms with E-state index in [1.165, 1.54) is 0 Å². The lowest BCUT2D eigenvalue weighted by atomic mass is 10.1. The quantitative estimate of drug-likeness (QED) is 0.682. The van der Waals surface area contributed by atoms with Gasteiger partial charge in [0.05, 0.1) is 25.6 Å². The van der Waals surface area contributed by atoms with E-state index < -0.39 is 0 Å². The second kappa shape index (κ2) is 8.56. The van der Waals surface area contributed by atoms with Crippen LogP contribution in [0.1, 0.15) is 27.3 Å². The van der Waals surface area contributed by atoms with Gasteiger partial charge in [0.25, 0.3) is 5.91 Å². The van der Waals surface area contributed by atoms with Crippen molar-refractivity contribution in [1.29, 1.82) is 0 Å². The molecule has 1 N–H and O–H groups in total. The van der Waals surface area contributed by atoms with Crippen molar-refractivity contribution in [3.8, 4) is 17.2 Å². The van der Waals surface area contributed by atoms with Gasteiger partial charge in [0.15, 0.2) is 5.69 Å². The minimum Gasteiger partial charge on any atom is -0.497 e. The summed E-state index contributed by atoms with van der Waals surface area (Å²) in [6, 6.07) is 13.4. The van der Waals surface area contributed by atoms with E-state index in [0.29, 0.717) is 30.1 Å². The Hall–Kier alpha value is -3.35. The minimum absolute atomic E-state index is 0.252. The molecule has 0 fully saturated rings. The summed E-state index contributed by atoms with van der Waals surface area (Å²) in [7, 11) is 3.25. The van der Waals surface area contributed by atoms with Crippen LogP contribution in [0.5, 0.6) is 11.5 Å². The van der Waals surface area contributed by atoms with E-state index >= 15 is 0 Å². The second-order valence-corrected chi connectivity index (χ2v) is 6.46. The fraction of sp³-hybridized carbons (Fsp3) is 0.286. The van der Waals surface area contributed by atoms with Crippen LogP contribution < -0.4 is 14.8 Å². The Morgan fingerprint density at radius 2 is 1.93 bits per heavy atom. The molecule has 2 aromatic carbocycles. The first-order valence-corrected chi connectivity index (χ1v) is 9.02. The van der Waals surface area contributed by atoms with E-state index in [0.717, 1.165) is 22.6 Å². The Kier molecular flexibility index (Phi) is 5.93. The van der Waals surface area contributed by atoms with Crippen LogP contribution >= 0.6 is 0 Å². The Morgan fingerprint density at radius 1 is 1.11 bits per heavy atom. The van der Waals surface area contributed by atoms with Crippen LogP contribution in [0.3, 0.4) is 0 Å². The normalized spacial score (nSPS) is 10.6. The van der Waals surface area contributed by atoms with E-state index in [9.17, 15) is 4.79 Å². The van der Waals surface area contributed by atoms with Crippen LogP contribution in [-0.2, 0) is 6.42 Å². The number of rotatable bonds is 7. The molecule has 0 spiro atoms. The standard InChI is InChI=1S/C21H24N4O3/c1-14-8-9-19(28-4)16(12-14)10-11-22-21(26)20-15(2)25(24-23-20)17-6-5-7-18(13-17)27-3/h5-9,12-13H,10-11H2,1-4H3,(H,22,26). The van der Waals surface area contributed by atoms with Gasteiger partial charge in [0.2, 0.25) is 0 Å². The van der Waals surface area contributed by atoms with Gasteiger partial charge in [-0.25, -0.2) is 4.68 Å². The van der Waals surface area contributed by atoms with Crippen molar-refractivity contribution in [1.82, 2.24) is 20.3 Å². The second-order valence-electron chi connectivity index (χ2n) is 6.46. The molecule has 0 bridgehead atoms. The van der Waals surface area contributed by atoms with Crippen LogP contribution in [0, 0.1) is 13.8 Å². The zero-order chi connectivity index (χ0) is 20.1. The first kappa shape index (κ1) is 19.4. The molecule has 3 aromatic rings. The molecule has 0 aliphatic rings. The number of benzene rings is 2. The van der Waals surface area contributed by atoms with Gasteiger partial charge in [-0.05, 0) is 44.0 Å². The first-order chi connectivity index (χ1) is 13.5. The maximum absolute atomic E-state index is 12.6. The lowest BCUT2D eigenvalue weighted by Crippen LogP contribution is -2.27. The zero-order valence-electron chi connectivity index (χ0n) is 16.5. The molecular formula is C21H24N4O3. The number of aromatic nitrogens is 3. The van der Waals surface area contributed by atoms with E-state index in [2.05, 4.69) is 21.7 Å². The third kappa shape index (κ3) is 4.14. The lowest BCUT2D eigenvalue weighted by Gasteiger charge is -2.10. The van der Waals surface area contributed by atoms with Crippen LogP contribution in [0.4, 0.5) is 0 Å². The Bertz CT molecular complexity index is 982. The smallest absolute Gasteiger partial charge is 0.273 e. The summed E-state index contributed by atoms with van der Waals surface area (Å²) in [5.74, 6) is 1.28. The summed E-state index contributed by atoms with van der Waals surface area (Å²) >= 11 is 0. The molecular weight excluding hydrogens is 356 g/mol. The molecule has 7 heteroatoms. The van der Waals surface area contributed by atoms with Crippen molar-refractivity contribution >= 4 is 5.91 Å². The van der Waals surface area contributed by atoms with Crippen molar-refractivity contribution in [2.24, 2.45) is 0 Å². The Labute approximate surface area is 164 Å². The fourth-order valence-corrected chi connectivity index (χ4v) is 3.02. The summed E-state index contributed by atoms with van der Waals surface area (Å²) in [6.07, 6.45) is 0.666. The minimum atomic E-state index is -0.252. The molecule has 28 heavy (non-hydrogen) atoms. The summed E-state index contributed by atoms with van der Waals surface area (Å²) in [4.78, 5) is 12.6. The Morgan fingerprint density at radius 3 is 2.68 bits per heavy atom. The molecule has 3 rings (SSSR count). The molecule has 7 nitrogen and oxygen atoms in total. The van der Waals surface area contributed by atoms with E-state index in [1.807, 2.05) is 50.2 Å². The molecule has 0 aliphatic heterocycles. The predicted octanol–water partition coefficient (Wildman–Crippen LogP) is 2.87. The molecule has 0 atom stereocenters. The van der Waals surface area contributed by atoms with Crippen molar-refractivity contribution in [3.63, 3.8) is 0 Å². The molecule has 146 valence electrons. The molecule has 0 radical (unpaired) electrons. The van der Waals surface area contributed by atoms with Crippen molar-refractivity contribution in [3.05, 3.63) is 65.0 Å². The number of carbonyl (C=O) groups excluding carboxylic acids is 1. The van der Waals surface area contributed by atoms with Gasteiger partial charge < -0.3 is 14.8 Å². The molecule has 1 aromatic heterocycles. The largest absolute Gasteiger partial charge is 0.497 e. The molecule has 0 unspecified atom stereocenters. The predicted molar refractivity (Wildman–Crippen MR) is 106 cm³/mol. The van der Waals surface area contributed by atoms with Gasteiger partial charge in [-0.1, -0.05) is 29.0 Å². The van der Waals surface area contributed by atoms with Gasteiger partial charge in [-0.15, -0.1) is 5.10 Å². The highest BCUT2D eigenvalue weighted by Crippen LogP contribution is 2.20. The van der Waals surface area contributed by atoms with E-state index in [1.54, 1.807) is 18.9 Å². The molecule has 0 aliphatic carbocycles. The zero-order valence-corrected chi connectivity index (χ0v) is 16.5. The van der Waals surface area contributed by atoms with Gasteiger partial charge in [-0.2, -0.15) is 0 Å². The van der Waals surface area contributed by atoms with Gasteiger partial charge in [0, 0.05) is 12.6 Å². The van der Waals surface area contributed by atoms with Crippen molar-refractivity contribution in [2.45, 2.75) is 20.3 Å². The summed E-state index contributed by atoms with van der Waals surface area (Å²) < 4.78 is 12.3. The summed E-state index contributed by atoms with van der Waals surface area (Å²) in [5, 5.41) is 11.1. The lowest BCUT2D eigenvalue weighted by molar-refractivity contribution is 0.0948. The summed E-state index contributed by atoms with van der Waals surface area (Å²) in [6.45, 7) is 4.32. The maximum Gasteiger partial charge on any atom is 0.273 e. The van der Waals surface area contributed by atoms with Gasteiger partial charge in [0.1, 0.15) is 11.5 Å². The maximum atomic E-state index is 12.6. The van der Waals surface area contributed by atoms with Crippen molar-refractivity contribution in [2.75, 3.05) is 20.8 Å². The molecule has 0 saturated heterocycles. The number of amides is 1. The number of carbonyl (C=O) groups is 1. The number of methoxy groups -OCH3 is 2. The van der Waals surface area contributed by atoms with Crippen LogP contribution in [0.2, 0.25) is 0 Å². The third-order valence-corrected chi connectivity index (χ3v) is 4.52. The van der Waals surface area contributed by atoms with Crippen LogP contribution in [0.15, 0.2) is 42.5 Å². The highest BCUT2D eigenvalue weighted by Gasteiger charge is 2.17. The summed E-state index contributed by atoms with van der Waals surface area (Å²) in [5.41, 5.74) is 3.96. The number of ether oxygens (including phenoxy) is 2. The number of nitrogens with zero attached hydrogens (tertiary/aromatic N) is 3. The molecule has 1 amide bonds. The number of hydrogen-bond donors (Lipinski definition) is 1. The van der Waals surface area contributed by atoms with E-state index in [-0.39, 0.29) is 5.91 Å². The molecule has 1 heterocycles. The van der Waals surface area contributed by atoms with Gasteiger partial charge >= 0.3 is 0 Å². The number of nitrogens with one attached hydrogen (secondary N) is 1. The van der Waals surface area contributed by atoms with Gasteiger partial charge in [-0.3, -0.25) is 4.79 Å². The van der Waals surface area contributed by atoms with Crippen molar-refractivity contribution < 1.29 is 14.3 Å². The SMILES string of the molecule is COc1cccc(-n2nnc(C(=O)NCCc3cc(C)ccc3OC)c2C)c1.